The highest BCUT2D eigenvalue weighted by atomic mass is 32.1. The lowest BCUT2D eigenvalue weighted by Crippen LogP contribution is -2.66. The molecular formula is C16H20N4O2S. The van der Waals surface area contributed by atoms with Gasteiger partial charge in [0.25, 0.3) is 0 Å². The third-order valence-corrected chi connectivity index (χ3v) is 5.20. The lowest BCUT2D eigenvalue weighted by molar-refractivity contribution is -0.148. The summed E-state index contributed by atoms with van der Waals surface area (Å²) < 4.78 is 12.1. The van der Waals surface area contributed by atoms with Gasteiger partial charge in [-0.3, -0.25) is 0 Å². The SMILES string of the molecule is Cc1nc(CO[C@@H]2CCOC3(C2)CN(c2ncccn2)C3)cs1. The summed E-state index contributed by atoms with van der Waals surface area (Å²) in [6.45, 7) is 5.05. The van der Waals surface area contributed by atoms with Gasteiger partial charge < -0.3 is 14.4 Å². The van der Waals surface area contributed by atoms with Gasteiger partial charge >= 0.3 is 0 Å². The highest BCUT2D eigenvalue weighted by Crippen LogP contribution is 2.36. The van der Waals surface area contributed by atoms with Crippen molar-refractivity contribution in [1.29, 1.82) is 0 Å². The third kappa shape index (κ3) is 3.22. The van der Waals surface area contributed by atoms with E-state index in [0.29, 0.717) is 6.61 Å². The van der Waals surface area contributed by atoms with Crippen LogP contribution in [0.2, 0.25) is 0 Å². The molecule has 2 aliphatic rings. The molecule has 1 atom stereocenters. The van der Waals surface area contributed by atoms with Gasteiger partial charge in [-0.2, -0.15) is 0 Å². The number of nitrogens with zero attached hydrogens (tertiary/aromatic N) is 4. The minimum atomic E-state index is -0.0971. The Balaban J connectivity index is 1.31. The normalized spacial score (nSPS) is 23.0. The molecule has 4 rings (SSSR count). The van der Waals surface area contributed by atoms with Crippen molar-refractivity contribution in [2.75, 3.05) is 24.6 Å². The molecule has 0 amide bonds. The molecule has 1 spiro atoms. The smallest absolute Gasteiger partial charge is 0.225 e. The molecule has 2 aromatic rings. The molecule has 2 fully saturated rings. The Hall–Kier alpha value is -1.57. The van der Waals surface area contributed by atoms with Crippen molar-refractivity contribution >= 4 is 17.3 Å². The molecule has 6 nitrogen and oxygen atoms in total. The molecular weight excluding hydrogens is 312 g/mol. The van der Waals surface area contributed by atoms with Crippen LogP contribution in [0, 0.1) is 6.92 Å². The molecule has 2 aromatic heterocycles. The highest BCUT2D eigenvalue weighted by molar-refractivity contribution is 7.09. The Morgan fingerprint density at radius 1 is 1.39 bits per heavy atom. The summed E-state index contributed by atoms with van der Waals surface area (Å²) in [6, 6.07) is 1.83. The fraction of sp³-hybridized carbons (Fsp3) is 0.562. The van der Waals surface area contributed by atoms with Crippen molar-refractivity contribution in [3.63, 3.8) is 0 Å². The van der Waals surface area contributed by atoms with Gasteiger partial charge in [-0.15, -0.1) is 11.3 Å². The number of thiazole rings is 1. The number of hydrogen-bond donors (Lipinski definition) is 0. The van der Waals surface area contributed by atoms with Gasteiger partial charge in [0.05, 0.1) is 36.5 Å². The van der Waals surface area contributed by atoms with Crippen LogP contribution in [0.25, 0.3) is 0 Å². The Morgan fingerprint density at radius 3 is 2.96 bits per heavy atom. The zero-order valence-corrected chi connectivity index (χ0v) is 14.0. The Bertz CT molecular complexity index is 657. The first kappa shape index (κ1) is 15.0. The van der Waals surface area contributed by atoms with Crippen LogP contribution in [0.15, 0.2) is 23.8 Å². The number of rotatable bonds is 4. The number of hydrogen-bond acceptors (Lipinski definition) is 7. The first-order chi connectivity index (χ1) is 11.2. The van der Waals surface area contributed by atoms with Crippen molar-refractivity contribution in [3.05, 3.63) is 34.5 Å². The van der Waals surface area contributed by atoms with E-state index in [1.165, 1.54) is 0 Å². The summed E-state index contributed by atoms with van der Waals surface area (Å²) in [5, 5.41) is 3.16. The molecule has 0 N–H and O–H groups in total. The molecule has 4 heterocycles. The number of ether oxygens (including phenoxy) is 2. The molecule has 0 radical (unpaired) electrons. The second-order valence-corrected chi connectivity index (χ2v) is 7.28. The molecule has 2 aliphatic heterocycles. The summed E-state index contributed by atoms with van der Waals surface area (Å²) in [7, 11) is 0. The minimum Gasteiger partial charge on any atom is -0.372 e. The van der Waals surface area contributed by atoms with Crippen LogP contribution in [0.3, 0.4) is 0 Å². The number of anilines is 1. The fourth-order valence-corrected chi connectivity index (χ4v) is 3.87. The van der Waals surface area contributed by atoms with Crippen molar-refractivity contribution in [2.24, 2.45) is 0 Å². The van der Waals surface area contributed by atoms with Crippen molar-refractivity contribution in [1.82, 2.24) is 15.0 Å². The summed E-state index contributed by atoms with van der Waals surface area (Å²) in [4.78, 5) is 15.2. The van der Waals surface area contributed by atoms with E-state index >= 15 is 0 Å². The summed E-state index contributed by atoms with van der Waals surface area (Å²) in [6.07, 6.45) is 5.67. The van der Waals surface area contributed by atoms with Gasteiger partial charge in [0.1, 0.15) is 5.60 Å². The van der Waals surface area contributed by atoms with Crippen LogP contribution in [0.5, 0.6) is 0 Å². The largest absolute Gasteiger partial charge is 0.372 e. The summed E-state index contributed by atoms with van der Waals surface area (Å²) in [5.41, 5.74) is 0.932. The molecule has 0 bridgehead atoms. The van der Waals surface area contributed by atoms with Crippen LogP contribution in [0.4, 0.5) is 5.95 Å². The third-order valence-electron chi connectivity index (χ3n) is 4.37. The quantitative estimate of drug-likeness (QED) is 0.855. The van der Waals surface area contributed by atoms with Gasteiger partial charge in [0.15, 0.2) is 0 Å². The molecule has 0 unspecified atom stereocenters. The van der Waals surface area contributed by atoms with Crippen LogP contribution in [0.1, 0.15) is 23.5 Å². The molecule has 0 aromatic carbocycles. The maximum absolute atomic E-state index is 6.07. The zero-order chi connectivity index (χ0) is 15.7. The Labute approximate surface area is 139 Å². The molecule has 2 saturated heterocycles. The second kappa shape index (κ2) is 6.14. The van der Waals surface area contributed by atoms with E-state index in [0.717, 1.165) is 49.2 Å². The zero-order valence-electron chi connectivity index (χ0n) is 13.1. The van der Waals surface area contributed by atoms with Crippen LogP contribution < -0.4 is 4.90 Å². The number of aryl methyl sites for hydroxylation is 1. The van der Waals surface area contributed by atoms with Crippen molar-refractivity contribution < 1.29 is 9.47 Å². The summed E-state index contributed by atoms with van der Waals surface area (Å²) in [5.74, 6) is 0.780. The average molecular weight is 332 g/mol. The summed E-state index contributed by atoms with van der Waals surface area (Å²) >= 11 is 1.67. The van der Waals surface area contributed by atoms with Crippen molar-refractivity contribution in [2.45, 2.75) is 38.1 Å². The topological polar surface area (TPSA) is 60.4 Å². The van der Waals surface area contributed by atoms with Crippen LogP contribution >= 0.6 is 11.3 Å². The standard InChI is InChI=1S/C16H20N4O2S/c1-12-19-13(9-23-12)8-21-14-3-6-22-16(7-14)10-20(11-16)15-17-4-2-5-18-15/h2,4-5,9,14H,3,6-8,10-11H2,1H3/t14-/m1/s1. The first-order valence-electron chi connectivity index (χ1n) is 7.91. The molecule has 0 saturated carbocycles. The molecule has 122 valence electrons. The Morgan fingerprint density at radius 2 is 2.22 bits per heavy atom. The van der Waals surface area contributed by atoms with Crippen LogP contribution in [-0.2, 0) is 16.1 Å². The van der Waals surface area contributed by atoms with E-state index in [4.69, 9.17) is 9.47 Å². The van der Waals surface area contributed by atoms with Gasteiger partial charge in [-0.25, -0.2) is 15.0 Å². The molecule has 23 heavy (non-hydrogen) atoms. The first-order valence-corrected chi connectivity index (χ1v) is 8.79. The lowest BCUT2D eigenvalue weighted by Gasteiger charge is -2.52. The van der Waals surface area contributed by atoms with Gasteiger partial charge in [-0.05, 0) is 19.4 Å². The average Bonchev–Trinajstić information content (AvgIpc) is 2.97. The maximum Gasteiger partial charge on any atom is 0.225 e. The lowest BCUT2D eigenvalue weighted by atomic mass is 9.85. The van der Waals surface area contributed by atoms with Gasteiger partial charge in [-0.1, -0.05) is 0 Å². The monoisotopic (exact) mass is 332 g/mol. The fourth-order valence-electron chi connectivity index (χ4n) is 3.27. The minimum absolute atomic E-state index is 0.0971. The molecule has 7 heteroatoms. The molecule has 0 aliphatic carbocycles. The maximum atomic E-state index is 6.07. The van der Waals surface area contributed by atoms with E-state index in [2.05, 4.69) is 25.2 Å². The second-order valence-electron chi connectivity index (χ2n) is 6.22. The van der Waals surface area contributed by atoms with E-state index in [-0.39, 0.29) is 11.7 Å². The van der Waals surface area contributed by atoms with Gasteiger partial charge in [0.2, 0.25) is 5.95 Å². The van der Waals surface area contributed by atoms with Gasteiger partial charge in [0, 0.05) is 30.8 Å². The Kier molecular flexibility index (Phi) is 4.00. The number of aromatic nitrogens is 3. The van der Waals surface area contributed by atoms with E-state index < -0.39 is 0 Å². The highest BCUT2D eigenvalue weighted by Gasteiger charge is 2.48. The predicted molar refractivity (Wildman–Crippen MR) is 87.6 cm³/mol. The van der Waals surface area contributed by atoms with Crippen LogP contribution in [-0.4, -0.2) is 46.4 Å². The van der Waals surface area contributed by atoms with E-state index in [1.807, 2.05) is 13.0 Å². The predicted octanol–water partition coefficient (Wildman–Crippen LogP) is 2.20. The van der Waals surface area contributed by atoms with Crippen molar-refractivity contribution in [3.8, 4) is 0 Å². The van der Waals surface area contributed by atoms with E-state index in [9.17, 15) is 0 Å². The van der Waals surface area contributed by atoms with E-state index in [1.54, 1.807) is 23.7 Å².